The molecular weight excluding hydrogens is 272 g/mol. The lowest BCUT2D eigenvalue weighted by Crippen LogP contribution is -2.05. The van der Waals surface area contributed by atoms with Crippen molar-refractivity contribution in [1.82, 2.24) is 19.1 Å². The zero-order valence-corrected chi connectivity index (χ0v) is 12.3. The zero-order valence-electron chi connectivity index (χ0n) is 11.5. The molecule has 0 spiro atoms. The molecule has 2 aromatic heterocycles. The molecule has 20 heavy (non-hydrogen) atoms. The monoisotopic (exact) mass is 288 g/mol. The Bertz CT molecular complexity index is 799. The van der Waals surface area contributed by atoms with Crippen LogP contribution in [0.15, 0.2) is 30.6 Å². The molecule has 6 heteroatoms. The lowest BCUT2D eigenvalue weighted by Gasteiger charge is -2.05. The third-order valence-electron chi connectivity index (χ3n) is 3.46. The number of benzene rings is 1. The third kappa shape index (κ3) is 2.22. The number of aryl methyl sites for hydroxylation is 3. The number of rotatable bonds is 4. The van der Waals surface area contributed by atoms with Gasteiger partial charge in [0.2, 0.25) is 0 Å². The summed E-state index contributed by atoms with van der Waals surface area (Å²) in [5.41, 5.74) is 2.08. The van der Waals surface area contributed by atoms with Crippen molar-refractivity contribution >= 4 is 23.3 Å². The molecule has 1 aromatic carbocycles. The van der Waals surface area contributed by atoms with Crippen molar-refractivity contribution in [3.63, 3.8) is 0 Å². The predicted octanol–water partition coefficient (Wildman–Crippen LogP) is 2.68. The summed E-state index contributed by atoms with van der Waals surface area (Å²) in [6.07, 6.45) is 4.61. The zero-order chi connectivity index (χ0) is 14.1. The minimum absolute atomic E-state index is 0.725. The molecule has 0 unspecified atom stereocenters. The first-order valence-corrected chi connectivity index (χ1v) is 6.82. The Labute approximate surface area is 121 Å². The third-order valence-corrected chi connectivity index (χ3v) is 3.78. The summed E-state index contributed by atoms with van der Waals surface area (Å²) in [5.74, 6) is 1.87. The molecule has 0 saturated heterocycles. The van der Waals surface area contributed by atoms with Gasteiger partial charge < -0.3 is 18.9 Å². The summed E-state index contributed by atoms with van der Waals surface area (Å²) < 4.78 is 10.1. The minimum Gasteiger partial charge on any atom is -0.497 e. The summed E-state index contributed by atoms with van der Waals surface area (Å²) in [4.78, 5) is 7.55. The van der Waals surface area contributed by atoms with E-state index >= 15 is 0 Å². The van der Waals surface area contributed by atoms with Crippen molar-refractivity contribution in [2.75, 3.05) is 7.11 Å². The van der Waals surface area contributed by atoms with E-state index < -0.39 is 0 Å². The molecule has 0 aliphatic carbocycles. The van der Waals surface area contributed by atoms with Gasteiger partial charge in [0, 0.05) is 38.5 Å². The van der Waals surface area contributed by atoms with Gasteiger partial charge >= 0.3 is 0 Å². The van der Waals surface area contributed by atoms with Crippen molar-refractivity contribution < 1.29 is 4.74 Å². The van der Waals surface area contributed by atoms with Crippen LogP contribution in [0.4, 0.5) is 0 Å². The van der Waals surface area contributed by atoms with Crippen LogP contribution in [0.25, 0.3) is 11.0 Å². The van der Waals surface area contributed by atoms with Gasteiger partial charge in [-0.1, -0.05) is 0 Å². The van der Waals surface area contributed by atoms with Crippen LogP contribution in [-0.2, 0) is 20.0 Å². The number of hydrogen-bond acceptors (Lipinski definition) is 3. The lowest BCUT2D eigenvalue weighted by atomic mass is 10.3. The summed E-state index contributed by atoms with van der Waals surface area (Å²) in [7, 11) is 3.66. The van der Waals surface area contributed by atoms with E-state index in [4.69, 9.17) is 17.0 Å². The highest BCUT2D eigenvalue weighted by Crippen LogP contribution is 2.20. The lowest BCUT2D eigenvalue weighted by molar-refractivity contribution is 0.415. The number of aromatic amines is 1. The second-order valence-corrected chi connectivity index (χ2v) is 5.06. The van der Waals surface area contributed by atoms with Gasteiger partial charge in [-0.05, 0) is 24.4 Å². The average molecular weight is 288 g/mol. The van der Waals surface area contributed by atoms with Crippen molar-refractivity contribution in [1.29, 1.82) is 0 Å². The van der Waals surface area contributed by atoms with E-state index in [0.29, 0.717) is 0 Å². The second kappa shape index (κ2) is 5.13. The van der Waals surface area contributed by atoms with Gasteiger partial charge in [0.25, 0.3) is 0 Å². The fourth-order valence-corrected chi connectivity index (χ4v) is 2.64. The van der Waals surface area contributed by atoms with Gasteiger partial charge in [0.1, 0.15) is 11.6 Å². The molecule has 2 heterocycles. The maximum atomic E-state index is 5.40. The summed E-state index contributed by atoms with van der Waals surface area (Å²) in [6.45, 7) is 0.802. The van der Waals surface area contributed by atoms with Gasteiger partial charge in [-0.3, -0.25) is 0 Å². The Hall–Kier alpha value is -2.08. The fourth-order valence-electron chi connectivity index (χ4n) is 2.34. The predicted molar refractivity (Wildman–Crippen MR) is 80.6 cm³/mol. The number of ether oxygens (including phenoxy) is 1. The molecule has 3 rings (SSSR count). The van der Waals surface area contributed by atoms with Crippen molar-refractivity contribution in [3.05, 3.63) is 41.2 Å². The Morgan fingerprint density at radius 2 is 2.25 bits per heavy atom. The first kappa shape index (κ1) is 12.9. The summed E-state index contributed by atoms with van der Waals surface area (Å²) in [6, 6.07) is 5.93. The highest BCUT2D eigenvalue weighted by molar-refractivity contribution is 7.71. The molecule has 0 radical (unpaired) electrons. The molecular formula is C14H16N4OS. The van der Waals surface area contributed by atoms with Crippen molar-refractivity contribution in [3.8, 4) is 5.75 Å². The Morgan fingerprint density at radius 3 is 2.95 bits per heavy atom. The maximum absolute atomic E-state index is 5.40. The van der Waals surface area contributed by atoms with Gasteiger partial charge in [-0.25, -0.2) is 4.98 Å². The van der Waals surface area contributed by atoms with Crippen molar-refractivity contribution in [2.45, 2.75) is 13.0 Å². The highest BCUT2D eigenvalue weighted by atomic mass is 32.1. The Morgan fingerprint density at radius 1 is 1.40 bits per heavy atom. The minimum atomic E-state index is 0.725. The summed E-state index contributed by atoms with van der Waals surface area (Å²) in [5, 5.41) is 0. The van der Waals surface area contributed by atoms with E-state index in [1.165, 1.54) is 0 Å². The molecule has 1 N–H and O–H groups in total. The number of aromatic nitrogens is 4. The molecule has 0 aliphatic rings. The summed E-state index contributed by atoms with van der Waals surface area (Å²) >= 11 is 5.40. The topological polar surface area (TPSA) is 47.8 Å². The number of H-pyrrole nitrogens is 1. The van der Waals surface area contributed by atoms with Crippen LogP contribution in [0.1, 0.15) is 5.82 Å². The first-order chi connectivity index (χ1) is 9.69. The Balaban J connectivity index is 1.93. The number of imidazole rings is 2. The van der Waals surface area contributed by atoms with E-state index in [1.54, 1.807) is 7.11 Å². The SMILES string of the molecule is COc1ccc2c(c1)[nH]c(=S)n2CCc1nccn1C. The first-order valence-electron chi connectivity index (χ1n) is 6.42. The van der Waals surface area contributed by atoms with E-state index in [0.717, 1.165) is 40.3 Å². The molecule has 0 saturated carbocycles. The van der Waals surface area contributed by atoms with Crippen LogP contribution in [0.2, 0.25) is 0 Å². The molecule has 0 atom stereocenters. The van der Waals surface area contributed by atoms with E-state index in [-0.39, 0.29) is 0 Å². The number of hydrogen-bond donors (Lipinski definition) is 1. The number of methoxy groups -OCH3 is 1. The van der Waals surface area contributed by atoms with E-state index in [1.807, 2.05) is 42.2 Å². The van der Waals surface area contributed by atoms with Crippen LogP contribution in [0.3, 0.4) is 0 Å². The smallest absolute Gasteiger partial charge is 0.178 e. The number of fused-ring (bicyclic) bond motifs is 1. The maximum Gasteiger partial charge on any atom is 0.178 e. The van der Waals surface area contributed by atoms with Crippen molar-refractivity contribution in [2.24, 2.45) is 7.05 Å². The number of nitrogens with one attached hydrogen (secondary N) is 1. The molecule has 0 aliphatic heterocycles. The Kier molecular flexibility index (Phi) is 3.31. The fraction of sp³-hybridized carbons (Fsp3) is 0.286. The van der Waals surface area contributed by atoms with E-state index in [9.17, 15) is 0 Å². The quantitative estimate of drug-likeness (QED) is 0.751. The van der Waals surface area contributed by atoms with Crippen LogP contribution in [0, 0.1) is 4.77 Å². The molecule has 104 valence electrons. The highest BCUT2D eigenvalue weighted by Gasteiger charge is 2.07. The molecule has 3 aromatic rings. The normalized spacial score (nSPS) is 11.1. The van der Waals surface area contributed by atoms with Gasteiger partial charge in [-0.2, -0.15) is 0 Å². The average Bonchev–Trinajstić information content (AvgIpc) is 2.98. The van der Waals surface area contributed by atoms with Crippen LogP contribution >= 0.6 is 12.2 Å². The van der Waals surface area contributed by atoms with Crippen LogP contribution in [-0.4, -0.2) is 26.2 Å². The van der Waals surface area contributed by atoms with Crippen LogP contribution in [0.5, 0.6) is 5.75 Å². The van der Waals surface area contributed by atoms with Crippen LogP contribution < -0.4 is 4.74 Å². The standard InChI is InChI=1S/C14H16N4OS/c1-17-8-6-15-13(17)5-7-18-12-4-3-10(19-2)9-11(12)16-14(18)20/h3-4,6,8-9H,5,7H2,1-2H3,(H,16,20). The number of nitrogens with zero attached hydrogens (tertiary/aromatic N) is 3. The largest absolute Gasteiger partial charge is 0.497 e. The van der Waals surface area contributed by atoms with Gasteiger partial charge in [-0.15, -0.1) is 0 Å². The molecule has 0 fully saturated rings. The second-order valence-electron chi connectivity index (χ2n) is 4.67. The molecule has 0 amide bonds. The molecule has 5 nitrogen and oxygen atoms in total. The van der Waals surface area contributed by atoms with Gasteiger partial charge in [0.15, 0.2) is 4.77 Å². The van der Waals surface area contributed by atoms with E-state index in [2.05, 4.69) is 14.5 Å². The molecule has 0 bridgehead atoms. The van der Waals surface area contributed by atoms with Gasteiger partial charge in [0.05, 0.1) is 18.1 Å².